The van der Waals surface area contributed by atoms with Crippen LogP contribution in [0.25, 0.3) is 0 Å². The van der Waals surface area contributed by atoms with E-state index in [-0.39, 0.29) is 18.5 Å². The van der Waals surface area contributed by atoms with Crippen LogP contribution in [0.5, 0.6) is 0 Å². The number of alkyl halides is 1. The normalized spacial score (nSPS) is 22.6. The fraction of sp³-hybridized carbons (Fsp3) is 0.474. The van der Waals surface area contributed by atoms with E-state index in [1.807, 2.05) is 13.0 Å². The fourth-order valence-electron chi connectivity index (χ4n) is 3.54. The summed E-state index contributed by atoms with van der Waals surface area (Å²) in [4.78, 5) is 29.1. The van der Waals surface area contributed by atoms with Crippen molar-refractivity contribution in [1.82, 2.24) is 19.9 Å². The molecule has 3 heterocycles. The second kappa shape index (κ2) is 7.38. The van der Waals surface area contributed by atoms with Gasteiger partial charge in [-0.1, -0.05) is 11.6 Å². The third-order valence-electron chi connectivity index (χ3n) is 5.09. The summed E-state index contributed by atoms with van der Waals surface area (Å²) in [5.74, 6) is 0.335. The number of halogens is 2. The highest BCUT2D eigenvalue weighted by Gasteiger charge is 2.43. The molecule has 0 bridgehead atoms. The maximum absolute atomic E-state index is 15.1. The topological polar surface area (TPSA) is 62.2 Å². The standard InChI is InChI=1S/C19H21ClFN5O/c1-12-2-3-13(8-22-12)18(27)26(15-4-5-15)17-6-7-25(11-16(17)21)19-23-9-14(20)10-24-19/h2-3,8-10,15-17H,4-7,11H2,1H3/t16-,17+/m0/s1. The van der Waals surface area contributed by atoms with Gasteiger partial charge in [0.1, 0.15) is 6.17 Å². The lowest BCUT2D eigenvalue weighted by atomic mass is 10.00. The van der Waals surface area contributed by atoms with E-state index >= 15 is 4.39 Å². The summed E-state index contributed by atoms with van der Waals surface area (Å²) >= 11 is 5.82. The van der Waals surface area contributed by atoms with Crippen LogP contribution in [0.15, 0.2) is 30.7 Å². The van der Waals surface area contributed by atoms with Gasteiger partial charge in [-0.2, -0.15) is 0 Å². The van der Waals surface area contributed by atoms with Gasteiger partial charge in [-0.25, -0.2) is 14.4 Å². The van der Waals surface area contributed by atoms with Crippen molar-refractivity contribution in [2.24, 2.45) is 0 Å². The lowest BCUT2D eigenvalue weighted by Gasteiger charge is -2.41. The molecule has 0 aromatic carbocycles. The molecule has 0 N–H and O–H groups in total. The number of carbonyl (C=O) groups is 1. The van der Waals surface area contributed by atoms with E-state index in [4.69, 9.17) is 11.6 Å². The molecule has 1 saturated carbocycles. The highest BCUT2D eigenvalue weighted by atomic mass is 35.5. The maximum atomic E-state index is 15.1. The molecule has 2 aromatic heterocycles. The summed E-state index contributed by atoms with van der Waals surface area (Å²) < 4.78 is 15.1. The van der Waals surface area contributed by atoms with E-state index in [1.165, 1.54) is 12.4 Å². The lowest BCUT2D eigenvalue weighted by molar-refractivity contribution is 0.0486. The van der Waals surface area contributed by atoms with Gasteiger partial charge in [-0.3, -0.25) is 9.78 Å². The Labute approximate surface area is 162 Å². The van der Waals surface area contributed by atoms with Crippen LogP contribution in [-0.2, 0) is 0 Å². The van der Waals surface area contributed by atoms with Crippen molar-refractivity contribution >= 4 is 23.5 Å². The largest absolute Gasteiger partial charge is 0.338 e. The van der Waals surface area contributed by atoms with Crippen molar-refractivity contribution in [1.29, 1.82) is 0 Å². The smallest absolute Gasteiger partial charge is 0.256 e. The number of carbonyl (C=O) groups excluding carboxylic acids is 1. The van der Waals surface area contributed by atoms with Crippen LogP contribution in [0.1, 0.15) is 35.3 Å². The monoisotopic (exact) mass is 389 g/mol. The SMILES string of the molecule is Cc1ccc(C(=O)N(C2CC2)[C@@H]2CCN(c3ncc(Cl)cn3)C[C@@H]2F)cn1. The van der Waals surface area contributed by atoms with Crippen molar-refractivity contribution in [3.05, 3.63) is 47.0 Å². The predicted molar refractivity (Wildman–Crippen MR) is 101 cm³/mol. The van der Waals surface area contributed by atoms with E-state index in [0.29, 0.717) is 29.5 Å². The number of hydrogen-bond acceptors (Lipinski definition) is 5. The third-order valence-corrected chi connectivity index (χ3v) is 5.28. The summed E-state index contributed by atoms with van der Waals surface area (Å²) in [5.41, 5.74) is 1.37. The van der Waals surface area contributed by atoms with Crippen LogP contribution in [0, 0.1) is 6.92 Å². The van der Waals surface area contributed by atoms with E-state index in [9.17, 15) is 4.79 Å². The van der Waals surface area contributed by atoms with E-state index < -0.39 is 12.2 Å². The molecule has 1 saturated heterocycles. The molecule has 6 nitrogen and oxygen atoms in total. The zero-order valence-electron chi connectivity index (χ0n) is 15.1. The molecule has 4 rings (SSSR count). The van der Waals surface area contributed by atoms with Gasteiger partial charge in [0, 0.05) is 24.5 Å². The van der Waals surface area contributed by atoms with Crippen LogP contribution >= 0.6 is 11.6 Å². The molecular weight excluding hydrogens is 369 g/mol. The van der Waals surface area contributed by atoms with Crippen molar-refractivity contribution in [2.45, 2.75) is 44.4 Å². The average Bonchev–Trinajstić information content (AvgIpc) is 3.49. The Morgan fingerprint density at radius 3 is 2.52 bits per heavy atom. The highest BCUT2D eigenvalue weighted by Crippen LogP contribution is 2.34. The molecule has 0 spiro atoms. The first-order chi connectivity index (χ1) is 13.0. The van der Waals surface area contributed by atoms with Gasteiger partial charge >= 0.3 is 0 Å². The van der Waals surface area contributed by atoms with Crippen molar-refractivity contribution in [2.75, 3.05) is 18.0 Å². The minimum atomic E-state index is -1.17. The van der Waals surface area contributed by atoms with Crippen LogP contribution in [0.2, 0.25) is 5.02 Å². The number of aromatic nitrogens is 3. The number of aryl methyl sites for hydroxylation is 1. The number of hydrogen-bond donors (Lipinski definition) is 0. The molecule has 2 aliphatic rings. The molecule has 2 fully saturated rings. The molecule has 27 heavy (non-hydrogen) atoms. The van der Waals surface area contributed by atoms with E-state index in [0.717, 1.165) is 18.5 Å². The average molecular weight is 390 g/mol. The van der Waals surface area contributed by atoms with Crippen molar-refractivity contribution in [3.8, 4) is 0 Å². The number of nitrogens with zero attached hydrogens (tertiary/aromatic N) is 5. The summed E-state index contributed by atoms with van der Waals surface area (Å²) in [6, 6.07) is 3.27. The summed E-state index contributed by atoms with van der Waals surface area (Å²) in [6.45, 7) is 2.63. The summed E-state index contributed by atoms with van der Waals surface area (Å²) in [5, 5.41) is 0.447. The number of pyridine rings is 1. The van der Waals surface area contributed by atoms with Gasteiger partial charge in [0.25, 0.3) is 5.91 Å². The Morgan fingerprint density at radius 2 is 1.93 bits per heavy atom. The van der Waals surface area contributed by atoms with E-state index in [1.54, 1.807) is 22.1 Å². The molecule has 8 heteroatoms. The summed E-state index contributed by atoms with van der Waals surface area (Å²) in [7, 11) is 0. The third kappa shape index (κ3) is 3.88. The fourth-order valence-corrected chi connectivity index (χ4v) is 3.64. The Balaban J connectivity index is 1.50. The Bertz CT molecular complexity index is 812. The molecule has 1 amide bonds. The zero-order chi connectivity index (χ0) is 19.0. The van der Waals surface area contributed by atoms with Crippen LogP contribution < -0.4 is 4.90 Å². The number of rotatable bonds is 4. The molecule has 0 radical (unpaired) electrons. The number of anilines is 1. The first kappa shape index (κ1) is 18.1. The van der Waals surface area contributed by atoms with Crippen LogP contribution in [0.3, 0.4) is 0 Å². The molecule has 0 unspecified atom stereocenters. The van der Waals surface area contributed by atoms with Gasteiger partial charge in [-0.15, -0.1) is 0 Å². The van der Waals surface area contributed by atoms with Gasteiger partial charge in [0.05, 0.1) is 35.6 Å². The Morgan fingerprint density at radius 1 is 1.19 bits per heavy atom. The van der Waals surface area contributed by atoms with Gasteiger partial charge in [0.2, 0.25) is 5.95 Å². The van der Waals surface area contributed by atoms with Crippen molar-refractivity contribution in [3.63, 3.8) is 0 Å². The molecular formula is C19H21ClFN5O. The number of amides is 1. The molecule has 2 atom stereocenters. The first-order valence-electron chi connectivity index (χ1n) is 9.15. The lowest BCUT2D eigenvalue weighted by Crippen LogP contribution is -2.55. The molecule has 2 aromatic rings. The van der Waals surface area contributed by atoms with Crippen LogP contribution in [0.4, 0.5) is 10.3 Å². The molecule has 1 aliphatic heterocycles. The van der Waals surface area contributed by atoms with Gasteiger partial charge < -0.3 is 9.80 Å². The van der Waals surface area contributed by atoms with E-state index in [2.05, 4.69) is 15.0 Å². The maximum Gasteiger partial charge on any atom is 0.256 e. The zero-order valence-corrected chi connectivity index (χ0v) is 15.8. The molecule has 142 valence electrons. The van der Waals surface area contributed by atoms with Crippen molar-refractivity contribution < 1.29 is 9.18 Å². The Kier molecular flexibility index (Phi) is 4.95. The second-order valence-electron chi connectivity index (χ2n) is 7.15. The minimum Gasteiger partial charge on any atom is -0.338 e. The first-order valence-corrected chi connectivity index (χ1v) is 9.52. The highest BCUT2D eigenvalue weighted by molar-refractivity contribution is 6.30. The van der Waals surface area contributed by atoms with Gasteiger partial charge in [-0.05, 0) is 38.3 Å². The predicted octanol–water partition coefficient (Wildman–Crippen LogP) is 3.06. The second-order valence-corrected chi connectivity index (χ2v) is 7.59. The van der Waals surface area contributed by atoms with Gasteiger partial charge in [0.15, 0.2) is 0 Å². The number of piperidine rings is 1. The Hall–Kier alpha value is -2.28. The summed E-state index contributed by atoms with van der Waals surface area (Å²) in [6.07, 6.45) is 5.82. The van der Waals surface area contributed by atoms with Crippen LogP contribution in [-0.4, -0.2) is 57.1 Å². The quantitative estimate of drug-likeness (QED) is 0.804. The molecule has 1 aliphatic carbocycles. The minimum absolute atomic E-state index is 0.125.